The van der Waals surface area contributed by atoms with Gasteiger partial charge in [-0.3, -0.25) is 5.10 Å². The van der Waals surface area contributed by atoms with E-state index in [0.29, 0.717) is 4.77 Å². The Morgan fingerprint density at radius 1 is 0.737 bits per heavy atom. The molecule has 0 spiro atoms. The van der Waals surface area contributed by atoms with E-state index in [0.717, 1.165) is 21.8 Å². The molecule has 0 saturated heterocycles. The summed E-state index contributed by atoms with van der Waals surface area (Å²) in [5, 5.41) is 11.7. The molecule has 4 heteroatoms. The van der Waals surface area contributed by atoms with E-state index in [1.807, 2.05) is 24.3 Å². The van der Waals surface area contributed by atoms with Crippen LogP contribution in [0.25, 0.3) is 32.6 Å². The van der Waals surface area contributed by atoms with Gasteiger partial charge in [0.05, 0.1) is 0 Å². The zero-order chi connectivity index (χ0) is 12.8. The van der Waals surface area contributed by atoms with Crippen molar-refractivity contribution in [3.63, 3.8) is 0 Å². The van der Waals surface area contributed by atoms with Gasteiger partial charge in [0, 0.05) is 10.8 Å². The normalized spacial score (nSPS) is 11.4. The van der Waals surface area contributed by atoms with Gasteiger partial charge >= 0.3 is 0 Å². The van der Waals surface area contributed by atoms with E-state index < -0.39 is 0 Å². The van der Waals surface area contributed by atoms with Crippen LogP contribution in [0, 0.1) is 4.77 Å². The molecule has 4 aromatic rings. The molecule has 1 heterocycles. The average molecular weight is 263 g/mol. The van der Waals surface area contributed by atoms with Gasteiger partial charge in [-0.05, 0) is 23.0 Å². The largest absolute Gasteiger partial charge is 0.251 e. The minimum absolute atomic E-state index is 0.410. The van der Waals surface area contributed by atoms with Crippen LogP contribution < -0.4 is 0 Å². The molecule has 19 heavy (non-hydrogen) atoms. The third-order valence-corrected chi connectivity index (χ3v) is 3.54. The number of H-pyrrole nitrogens is 1. The van der Waals surface area contributed by atoms with Crippen molar-refractivity contribution in [2.45, 2.75) is 0 Å². The highest BCUT2D eigenvalue weighted by Gasteiger charge is 2.09. The van der Waals surface area contributed by atoms with Crippen molar-refractivity contribution >= 4 is 44.8 Å². The van der Waals surface area contributed by atoms with Crippen LogP contribution in [0.4, 0.5) is 0 Å². The van der Waals surface area contributed by atoms with Crippen LogP contribution in [-0.4, -0.2) is 15.2 Å². The van der Waals surface area contributed by atoms with E-state index in [4.69, 9.17) is 12.2 Å². The fraction of sp³-hybridized carbons (Fsp3) is 0. The van der Waals surface area contributed by atoms with Crippen molar-refractivity contribution in [3.8, 4) is 0 Å². The molecular formula is C15H9N3S. The van der Waals surface area contributed by atoms with Gasteiger partial charge in [0.2, 0.25) is 4.77 Å². The summed E-state index contributed by atoms with van der Waals surface area (Å²) in [6, 6.07) is 16.5. The lowest BCUT2D eigenvalue weighted by Crippen LogP contribution is -1.92. The first kappa shape index (κ1) is 10.6. The van der Waals surface area contributed by atoms with Crippen LogP contribution in [-0.2, 0) is 0 Å². The molecule has 0 aliphatic heterocycles. The van der Waals surface area contributed by atoms with Gasteiger partial charge in [0.15, 0.2) is 0 Å². The monoisotopic (exact) mass is 263 g/mol. The first-order chi connectivity index (χ1) is 9.34. The first-order valence-corrected chi connectivity index (χ1v) is 6.41. The molecule has 90 valence electrons. The van der Waals surface area contributed by atoms with Crippen molar-refractivity contribution in [2.75, 3.05) is 0 Å². The zero-order valence-corrected chi connectivity index (χ0v) is 10.7. The minimum Gasteiger partial charge on any atom is -0.251 e. The summed E-state index contributed by atoms with van der Waals surface area (Å²) in [4.78, 5) is 4.45. The Bertz CT molecular complexity index is 953. The molecule has 1 N–H and O–H groups in total. The highest BCUT2D eigenvalue weighted by atomic mass is 32.1. The predicted octanol–water partition coefficient (Wildman–Crippen LogP) is 3.99. The van der Waals surface area contributed by atoms with Gasteiger partial charge in [0.1, 0.15) is 11.0 Å². The third-order valence-electron chi connectivity index (χ3n) is 3.36. The number of nitrogens with zero attached hydrogens (tertiary/aromatic N) is 2. The number of nitrogens with one attached hydrogen (secondary N) is 1. The lowest BCUT2D eigenvalue weighted by molar-refractivity contribution is 1.01. The van der Waals surface area contributed by atoms with E-state index >= 15 is 0 Å². The Labute approximate surface area is 113 Å². The summed E-state index contributed by atoms with van der Waals surface area (Å²) >= 11 is 5.10. The number of hydrogen-bond donors (Lipinski definition) is 1. The molecule has 0 amide bonds. The molecule has 4 rings (SSSR count). The highest BCUT2D eigenvalue weighted by molar-refractivity contribution is 7.71. The maximum Gasteiger partial charge on any atom is 0.214 e. The molecule has 0 radical (unpaired) electrons. The van der Waals surface area contributed by atoms with Crippen LogP contribution in [0.15, 0.2) is 48.5 Å². The molecule has 0 atom stereocenters. The van der Waals surface area contributed by atoms with Crippen LogP contribution in [0.2, 0.25) is 0 Å². The fourth-order valence-electron chi connectivity index (χ4n) is 2.56. The number of aromatic nitrogens is 3. The van der Waals surface area contributed by atoms with Crippen molar-refractivity contribution in [1.82, 2.24) is 15.2 Å². The molecule has 0 aliphatic rings. The standard InChI is InChI=1S/C15H9N3S/c19-15-16-13-11-7-3-1-5-9(11)10-6-2-4-8-12(10)14(13)17-18-15/h1-8H,(H,16,18,19). The number of aromatic amines is 1. The smallest absolute Gasteiger partial charge is 0.214 e. The van der Waals surface area contributed by atoms with Crippen molar-refractivity contribution < 1.29 is 0 Å². The Morgan fingerprint density at radius 2 is 1.26 bits per heavy atom. The Kier molecular flexibility index (Phi) is 2.13. The lowest BCUT2D eigenvalue weighted by Gasteiger charge is -2.07. The van der Waals surface area contributed by atoms with Crippen molar-refractivity contribution in [1.29, 1.82) is 0 Å². The fourth-order valence-corrected chi connectivity index (χ4v) is 2.70. The second-order valence-corrected chi connectivity index (χ2v) is 4.82. The van der Waals surface area contributed by atoms with Gasteiger partial charge in [-0.25, -0.2) is 4.98 Å². The lowest BCUT2D eigenvalue weighted by atomic mass is 10.00. The molecule has 3 aromatic carbocycles. The first-order valence-electron chi connectivity index (χ1n) is 6.00. The molecule has 1 aromatic heterocycles. The van der Waals surface area contributed by atoms with Gasteiger partial charge in [-0.1, -0.05) is 48.5 Å². The van der Waals surface area contributed by atoms with Gasteiger partial charge in [0.25, 0.3) is 0 Å². The van der Waals surface area contributed by atoms with Crippen molar-refractivity contribution in [3.05, 3.63) is 53.3 Å². The second kappa shape index (κ2) is 3.83. The van der Waals surface area contributed by atoms with Crippen LogP contribution in [0.3, 0.4) is 0 Å². The zero-order valence-electron chi connectivity index (χ0n) is 9.92. The number of benzene rings is 3. The Balaban J connectivity index is 2.47. The number of rotatable bonds is 0. The number of fused-ring (bicyclic) bond motifs is 6. The predicted molar refractivity (Wildman–Crippen MR) is 79.7 cm³/mol. The quantitative estimate of drug-likeness (QED) is 0.385. The summed E-state index contributed by atoms with van der Waals surface area (Å²) in [6.45, 7) is 0. The van der Waals surface area contributed by atoms with E-state index in [1.165, 1.54) is 10.8 Å². The topological polar surface area (TPSA) is 41.6 Å². The maximum atomic E-state index is 5.10. The van der Waals surface area contributed by atoms with Gasteiger partial charge < -0.3 is 0 Å². The average Bonchev–Trinajstić information content (AvgIpc) is 2.47. The summed E-state index contributed by atoms with van der Waals surface area (Å²) in [7, 11) is 0. The molecular weight excluding hydrogens is 254 g/mol. The SMILES string of the molecule is S=c1nc2c3ccccc3c3ccccc3c2n[nH]1. The summed E-state index contributed by atoms with van der Waals surface area (Å²) in [6.07, 6.45) is 0. The van der Waals surface area contributed by atoms with E-state index in [1.54, 1.807) is 0 Å². The van der Waals surface area contributed by atoms with Crippen LogP contribution >= 0.6 is 12.2 Å². The van der Waals surface area contributed by atoms with Crippen LogP contribution in [0.5, 0.6) is 0 Å². The molecule has 0 unspecified atom stereocenters. The summed E-state index contributed by atoms with van der Waals surface area (Å²) in [5.74, 6) is 0. The third kappa shape index (κ3) is 1.47. The second-order valence-electron chi connectivity index (χ2n) is 4.43. The van der Waals surface area contributed by atoms with E-state index in [9.17, 15) is 0 Å². The van der Waals surface area contributed by atoms with Crippen LogP contribution in [0.1, 0.15) is 0 Å². The molecule has 0 bridgehead atoms. The molecule has 0 saturated carbocycles. The van der Waals surface area contributed by atoms with Crippen molar-refractivity contribution in [2.24, 2.45) is 0 Å². The maximum absolute atomic E-state index is 5.10. The highest BCUT2D eigenvalue weighted by Crippen LogP contribution is 2.31. The summed E-state index contributed by atoms with van der Waals surface area (Å²) in [5.41, 5.74) is 1.72. The van der Waals surface area contributed by atoms with Gasteiger partial charge in [-0.2, -0.15) is 5.10 Å². The Hall–Kier alpha value is -2.33. The minimum atomic E-state index is 0.410. The number of hydrogen-bond acceptors (Lipinski definition) is 3. The molecule has 3 nitrogen and oxygen atoms in total. The van der Waals surface area contributed by atoms with E-state index in [2.05, 4.69) is 39.4 Å². The summed E-state index contributed by atoms with van der Waals surface area (Å²) < 4.78 is 0.410. The molecule has 0 fully saturated rings. The Morgan fingerprint density at radius 3 is 1.89 bits per heavy atom. The molecule has 0 aliphatic carbocycles. The van der Waals surface area contributed by atoms with E-state index in [-0.39, 0.29) is 0 Å². The van der Waals surface area contributed by atoms with Gasteiger partial charge in [-0.15, -0.1) is 0 Å².